The fourth-order valence-electron chi connectivity index (χ4n) is 0.136. The van der Waals surface area contributed by atoms with Crippen LogP contribution >= 0.6 is 0 Å². The predicted octanol–water partition coefficient (Wildman–Crippen LogP) is -5.84. The third kappa shape index (κ3) is 11.1. The molecule has 0 aliphatic carbocycles. The van der Waals surface area contributed by atoms with E-state index >= 15 is 0 Å². The van der Waals surface area contributed by atoms with Gasteiger partial charge in [0.15, 0.2) is 0 Å². The molecule has 0 aliphatic heterocycles. The topological polar surface area (TPSA) is 80.3 Å². The minimum Gasteiger partial charge on any atom is -0.545 e. The Bertz CT molecular complexity index is 128. The summed E-state index contributed by atoms with van der Waals surface area (Å²) in [5.41, 5.74) is 0. The van der Waals surface area contributed by atoms with E-state index in [0.717, 1.165) is 0 Å². The molecule has 0 heterocycles. The molecule has 0 saturated heterocycles. The van der Waals surface area contributed by atoms with Gasteiger partial charge in [0.05, 0.1) is 11.9 Å². The summed E-state index contributed by atoms with van der Waals surface area (Å²) in [6.07, 6.45) is 0.769. The van der Waals surface area contributed by atoms with Crippen molar-refractivity contribution in [1.29, 1.82) is 0 Å². The van der Waals surface area contributed by atoms with E-state index in [2.05, 4.69) is 0 Å². The zero-order chi connectivity index (χ0) is 6.57. The van der Waals surface area contributed by atoms with Gasteiger partial charge >= 0.3 is 20.3 Å². The van der Waals surface area contributed by atoms with Crippen LogP contribution in [0.4, 0.5) is 0 Å². The summed E-state index contributed by atoms with van der Waals surface area (Å²) in [5, 5.41) is 18.8. The van der Waals surface area contributed by atoms with Gasteiger partial charge in [-0.1, -0.05) is 0 Å². The minimum atomic E-state index is -1.55. The first kappa shape index (κ1) is 11.1. The Morgan fingerprint density at radius 3 is 1.44 bits per heavy atom. The number of carbonyl (C=O) groups excluding carboxylic acids is 2. The van der Waals surface area contributed by atoms with Crippen molar-refractivity contribution in [3.63, 3.8) is 0 Å². The molecule has 5 heteroatoms. The molecule has 0 saturated carbocycles. The molecule has 0 aromatic heterocycles. The second-order valence-corrected chi connectivity index (χ2v) is 0.971. The maximum Gasteiger partial charge on any atom is 1.00 e. The first-order valence-corrected chi connectivity index (χ1v) is 1.73. The van der Waals surface area contributed by atoms with Crippen molar-refractivity contribution in [1.82, 2.24) is 0 Å². The van der Waals surface area contributed by atoms with Gasteiger partial charge in [0, 0.05) is 0 Å². The van der Waals surface area contributed by atoms with E-state index < -0.39 is 11.9 Å². The zero-order valence-electron chi connectivity index (χ0n) is 5.79. The standard InChI is InChI=1S/C4H4O4.Li/c5-3(6)1-2-4(7)8;/h1-2H,(H,5,6)(H,7,8);/q;+1/p-1/b2-1+;. The number of hydrogen-bond donors (Lipinski definition) is 0. The van der Waals surface area contributed by atoms with Gasteiger partial charge in [-0.3, -0.25) is 0 Å². The quantitative estimate of drug-likeness (QED) is 0.270. The number of carboxylic acids is 2. The second-order valence-electron chi connectivity index (χ2n) is 0.971. The maximum atomic E-state index is 9.41. The van der Waals surface area contributed by atoms with Gasteiger partial charge in [-0.25, -0.2) is 0 Å². The van der Waals surface area contributed by atoms with Crippen LogP contribution in [0.25, 0.3) is 0 Å². The summed E-state index contributed by atoms with van der Waals surface area (Å²) >= 11 is 0. The molecule has 0 bridgehead atoms. The van der Waals surface area contributed by atoms with Crippen LogP contribution in [0.2, 0.25) is 0 Å². The van der Waals surface area contributed by atoms with E-state index in [4.69, 9.17) is 0 Å². The fraction of sp³-hybridized carbons (Fsp3) is 0. The van der Waals surface area contributed by atoms with Crippen LogP contribution < -0.4 is 29.1 Å². The van der Waals surface area contributed by atoms with Gasteiger partial charge in [0.2, 0.25) is 0 Å². The molecule has 9 heavy (non-hydrogen) atoms. The Labute approximate surface area is 64.8 Å². The normalized spacial score (nSPS) is 8.44. The van der Waals surface area contributed by atoms with Crippen LogP contribution in [0.1, 0.15) is 1.43 Å². The molecule has 0 atom stereocenters. The average Bonchev–Trinajstić information content (AvgIpc) is 1.61. The van der Waals surface area contributed by atoms with E-state index in [1.54, 1.807) is 0 Å². The van der Waals surface area contributed by atoms with Crippen molar-refractivity contribution in [3.05, 3.63) is 12.2 Å². The van der Waals surface area contributed by atoms with Crippen LogP contribution in [0.3, 0.4) is 0 Å². The van der Waals surface area contributed by atoms with Crippen molar-refractivity contribution in [2.75, 3.05) is 0 Å². The van der Waals surface area contributed by atoms with E-state index in [-0.39, 0.29) is 20.3 Å². The summed E-state index contributed by atoms with van der Waals surface area (Å²) in [6, 6.07) is 0. The Morgan fingerprint density at radius 1 is 1.11 bits per heavy atom. The van der Waals surface area contributed by atoms with Gasteiger partial charge in [0.25, 0.3) is 0 Å². The van der Waals surface area contributed by atoms with Crippen LogP contribution in [0.15, 0.2) is 12.2 Å². The van der Waals surface area contributed by atoms with Crippen LogP contribution in [0.5, 0.6) is 0 Å². The second kappa shape index (κ2) is 5.41. The number of carboxylic acid groups (broad SMARTS) is 2. The Morgan fingerprint density at radius 2 is 1.33 bits per heavy atom. The molecule has 0 rings (SSSR count). The first-order valence-electron chi connectivity index (χ1n) is 1.73. The van der Waals surface area contributed by atoms with Crippen LogP contribution in [-0.2, 0) is 9.59 Å². The molecule has 0 spiro atoms. The minimum absolute atomic E-state index is 0. The molecule has 0 aliphatic rings. The monoisotopic (exact) mass is 122 g/mol. The number of rotatable bonds is 2. The summed E-state index contributed by atoms with van der Waals surface area (Å²) in [4.78, 5) is 18.8. The molecule has 0 radical (unpaired) electrons. The summed E-state index contributed by atoms with van der Waals surface area (Å²) in [5.74, 6) is -3.09. The summed E-state index contributed by atoms with van der Waals surface area (Å²) in [6.45, 7) is 0. The molecular weight excluding hydrogens is 119 g/mol. The molecule has 0 unspecified atom stereocenters. The molecule has 4 nitrogen and oxygen atoms in total. The van der Waals surface area contributed by atoms with Crippen LogP contribution in [0, 0.1) is 0 Å². The number of carbonyl (C=O) groups is 2. The summed E-state index contributed by atoms with van der Waals surface area (Å²) in [7, 11) is 0. The third-order valence-corrected chi connectivity index (χ3v) is 0.355. The van der Waals surface area contributed by atoms with Gasteiger partial charge in [-0.05, 0) is 12.2 Å². The van der Waals surface area contributed by atoms with Gasteiger partial charge in [-0.15, -0.1) is 0 Å². The molecule has 0 amide bonds. The zero-order valence-corrected chi connectivity index (χ0v) is 4.79. The number of aliphatic carboxylic acids is 2. The largest absolute Gasteiger partial charge is 1.00 e. The van der Waals surface area contributed by atoms with E-state index in [9.17, 15) is 19.8 Å². The van der Waals surface area contributed by atoms with Crippen molar-refractivity contribution in [3.8, 4) is 0 Å². The number of hydrogen-bond acceptors (Lipinski definition) is 4. The molecule has 44 valence electrons. The van der Waals surface area contributed by atoms with Crippen molar-refractivity contribution in [2.24, 2.45) is 0 Å². The molecule has 0 aromatic rings. The van der Waals surface area contributed by atoms with E-state index in [1.807, 2.05) is 0 Å². The van der Waals surface area contributed by atoms with E-state index in [1.165, 1.54) is 0 Å². The van der Waals surface area contributed by atoms with Gasteiger partial charge < -0.3 is 19.8 Å². The molecule has 0 fully saturated rings. The predicted molar refractivity (Wildman–Crippen MR) is 20.3 cm³/mol. The van der Waals surface area contributed by atoms with Crippen molar-refractivity contribution >= 4 is 11.9 Å². The van der Waals surface area contributed by atoms with Crippen molar-refractivity contribution < 1.29 is 40.1 Å². The summed E-state index contributed by atoms with van der Waals surface area (Å²) < 4.78 is 0. The Balaban J connectivity index is -0.000000245. The first-order chi connectivity index (χ1) is 3.63. The average molecular weight is 122 g/mol. The molecule has 0 aromatic carbocycles. The maximum absolute atomic E-state index is 9.41. The van der Waals surface area contributed by atoms with Gasteiger partial charge in [-0.2, -0.15) is 0 Å². The SMILES string of the molecule is O=C([O-])/C=C/C(=O)[O-].[H+].[Li+]. The van der Waals surface area contributed by atoms with Gasteiger partial charge in [0.1, 0.15) is 0 Å². The Hall–Kier alpha value is -0.723. The smallest absolute Gasteiger partial charge is 0.545 e. The Kier molecular flexibility index (Phi) is 6.69. The fourth-order valence-corrected chi connectivity index (χ4v) is 0.136. The third-order valence-electron chi connectivity index (χ3n) is 0.355. The van der Waals surface area contributed by atoms with Crippen LogP contribution in [-0.4, -0.2) is 11.9 Å². The van der Waals surface area contributed by atoms with Crippen molar-refractivity contribution in [2.45, 2.75) is 0 Å². The van der Waals surface area contributed by atoms with E-state index in [0.29, 0.717) is 12.2 Å². The molecular formula is C4H3LiO4. The molecule has 0 N–H and O–H groups in total.